The molecule has 0 bridgehead atoms. The maximum atomic E-state index is 10.8. The summed E-state index contributed by atoms with van der Waals surface area (Å²) in [7, 11) is 0. The van der Waals surface area contributed by atoms with Crippen molar-refractivity contribution in [3.8, 4) is 0 Å². The molecule has 0 N–H and O–H groups in total. The minimum absolute atomic E-state index is 0.184. The third-order valence-corrected chi connectivity index (χ3v) is 2.15. The summed E-state index contributed by atoms with van der Waals surface area (Å²) >= 11 is 1.49. The van der Waals surface area contributed by atoms with Gasteiger partial charge in [0.05, 0.1) is 12.4 Å². The lowest BCUT2D eigenvalue weighted by atomic mass is 10.5. The summed E-state index contributed by atoms with van der Waals surface area (Å²) in [6, 6.07) is 0. The van der Waals surface area contributed by atoms with Crippen LogP contribution in [0.25, 0.3) is 10.4 Å². The molecule has 5 nitrogen and oxygen atoms in total. The number of thioether (sulfide) groups is 1. The zero-order valence-corrected chi connectivity index (χ0v) is 8.42. The second kappa shape index (κ2) is 9.22. The molecule has 74 valence electrons. The first-order valence-corrected chi connectivity index (χ1v) is 5.21. The third kappa shape index (κ3) is 9.04. The minimum atomic E-state index is -0.184. The molecule has 0 aliphatic heterocycles. The van der Waals surface area contributed by atoms with Gasteiger partial charge in [0.1, 0.15) is 0 Å². The SMILES string of the molecule is CCOC(=O)CSCCCN=[N+]=[N-]. The standard InChI is InChI=1S/C7H13N3O2S/c1-2-12-7(11)6-13-5-3-4-9-10-8/h2-6H2,1H3. The molecule has 0 aromatic heterocycles. The van der Waals surface area contributed by atoms with E-state index in [4.69, 9.17) is 10.3 Å². The molecule has 0 radical (unpaired) electrons. The van der Waals surface area contributed by atoms with Crippen LogP contribution in [0.5, 0.6) is 0 Å². The van der Waals surface area contributed by atoms with Crippen molar-refractivity contribution in [1.82, 2.24) is 0 Å². The van der Waals surface area contributed by atoms with Crippen molar-refractivity contribution in [2.45, 2.75) is 13.3 Å². The molecular weight excluding hydrogens is 190 g/mol. The predicted molar refractivity (Wildman–Crippen MR) is 52.6 cm³/mol. The van der Waals surface area contributed by atoms with Crippen LogP contribution in [-0.2, 0) is 9.53 Å². The first-order valence-electron chi connectivity index (χ1n) is 4.05. The lowest BCUT2D eigenvalue weighted by Crippen LogP contribution is -2.07. The predicted octanol–water partition coefficient (Wildman–Crippen LogP) is 1.98. The van der Waals surface area contributed by atoms with Crippen LogP contribution in [0.4, 0.5) is 0 Å². The van der Waals surface area contributed by atoms with Gasteiger partial charge in [-0.25, -0.2) is 0 Å². The molecule has 0 spiro atoms. The van der Waals surface area contributed by atoms with Crippen LogP contribution in [0.1, 0.15) is 13.3 Å². The van der Waals surface area contributed by atoms with E-state index < -0.39 is 0 Å². The fourth-order valence-electron chi connectivity index (χ4n) is 0.640. The summed E-state index contributed by atoms with van der Waals surface area (Å²) in [6.45, 7) is 2.70. The smallest absolute Gasteiger partial charge is 0.315 e. The molecule has 0 aliphatic carbocycles. The van der Waals surface area contributed by atoms with Gasteiger partial charge in [0, 0.05) is 11.5 Å². The monoisotopic (exact) mass is 203 g/mol. The maximum absolute atomic E-state index is 10.8. The van der Waals surface area contributed by atoms with Crippen LogP contribution in [0.3, 0.4) is 0 Å². The van der Waals surface area contributed by atoms with Crippen LogP contribution in [0, 0.1) is 0 Å². The molecule has 0 fully saturated rings. The fraction of sp³-hybridized carbons (Fsp3) is 0.857. The van der Waals surface area contributed by atoms with E-state index in [1.165, 1.54) is 11.8 Å². The zero-order valence-electron chi connectivity index (χ0n) is 7.60. The van der Waals surface area contributed by atoms with Crippen molar-refractivity contribution in [2.75, 3.05) is 24.7 Å². The minimum Gasteiger partial charge on any atom is -0.465 e. The normalized spacial score (nSPS) is 9.00. The first-order chi connectivity index (χ1) is 6.31. The Balaban J connectivity index is 3.15. The molecule has 0 unspecified atom stereocenters. The van der Waals surface area contributed by atoms with E-state index in [1.807, 2.05) is 0 Å². The number of hydrogen-bond donors (Lipinski definition) is 0. The molecule has 0 heterocycles. The van der Waals surface area contributed by atoms with Gasteiger partial charge >= 0.3 is 5.97 Å². The summed E-state index contributed by atoms with van der Waals surface area (Å²) in [5.74, 6) is 1.01. The summed E-state index contributed by atoms with van der Waals surface area (Å²) < 4.78 is 4.73. The van der Waals surface area contributed by atoms with Crippen LogP contribution in [-0.4, -0.2) is 30.6 Å². The molecule has 0 saturated carbocycles. The number of carbonyl (C=O) groups excluding carboxylic acids is 1. The molecule has 13 heavy (non-hydrogen) atoms. The lowest BCUT2D eigenvalue weighted by Gasteiger charge is -2.00. The summed E-state index contributed by atoms with van der Waals surface area (Å²) in [6.07, 6.45) is 0.800. The van der Waals surface area contributed by atoms with Gasteiger partial charge in [0.2, 0.25) is 0 Å². The third-order valence-electron chi connectivity index (χ3n) is 1.14. The number of rotatable bonds is 7. The highest BCUT2D eigenvalue weighted by Crippen LogP contribution is 2.03. The number of azide groups is 1. The van der Waals surface area contributed by atoms with Crippen molar-refractivity contribution >= 4 is 17.7 Å². The van der Waals surface area contributed by atoms with E-state index in [0.717, 1.165) is 12.2 Å². The van der Waals surface area contributed by atoms with Crippen LogP contribution >= 0.6 is 11.8 Å². The quantitative estimate of drug-likeness (QED) is 0.209. The molecule has 0 amide bonds. The lowest BCUT2D eigenvalue weighted by molar-refractivity contribution is -0.139. The van der Waals surface area contributed by atoms with E-state index in [1.54, 1.807) is 6.92 Å². The highest BCUT2D eigenvalue weighted by atomic mass is 32.2. The van der Waals surface area contributed by atoms with Gasteiger partial charge in [-0.05, 0) is 24.6 Å². The second-order valence-corrected chi connectivity index (χ2v) is 3.27. The second-order valence-electron chi connectivity index (χ2n) is 2.17. The number of nitrogens with zero attached hydrogens (tertiary/aromatic N) is 3. The average molecular weight is 203 g/mol. The molecular formula is C7H13N3O2S. The molecule has 6 heteroatoms. The average Bonchev–Trinajstić information content (AvgIpc) is 2.11. The van der Waals surface area contributed by atoms with Gasteiger partial charge in [-0.1, -0.05) is 5.11 Å². The first kappa shape index (κ1) is 12.1. The Bertz CT molecular complexity index is 192. The van der Waals surface area contributed by atoms with Crippen molar-refractivity contribution in [1.29, 1.82) is 0 Å². The molecule has 0 aromatic carbocycles. The van der Waals surface area contributed by atoms with Crippen LogP contribution in [0.15, 0.2) is 5.11 Å². The molecule has 0 atom stereocenters. The van der Waals surface area contributed by atoms with Gasteiger partial charge < -0.3 is 4.74 Å². The maximum Gasteiger partial charge on any atom is 0.315 e. The van der Waals surface area contributed by atoms with E-state index in [-0.39, 0.29) is 5.97 Å². The van der Waals surface area contributed by atoms with E-state index in [2.05, 4.69) is 10.0 Å². The molecule has 0 saturated heterocycles. The largest absolute Gasteiger partial charge is 0.465 e. The Morgan fingerprint density at radius 3 is 3.08 bits per heavy atom. The Kier molecular flexibility index (Phi) is 8.60. The Hall–Kier alpha value is -0.870. The van der Waals surface area contributed by atoms with E-state index in [0.29, 0.717) is 18.9 Å². The van der Waals surface area contributed by atoms with Gasteiger partial charge in [0.15, 0.2) is 0 Å². The molecule has 0 aromatic rings. The molecule has 0 aliphatic rings. The summed E-state index contributed by atoms with van der Waals surface area (Å²) in [5, 5.41) is 3.38. The Morgan fingerprint density at radius 1 is 1.69 bits per heavy atom. The van der Waals surface area contributed by atoms with Gasteiger partial charge in [0.25, 0.3) is 0 Å². The van der Waals surface area contributed by atoms with Crippen molar-refractivity contribution < 1.29 is 9.53 Å². The van der Waals surface area contributed by atoms with Crippen LogP contribution < -0.4 is 0 Å². The number of esters is 1. The van der Waals surface area contributed by atoms with E-state index in [9.17, 15) is 4.79 Å². The fourth-order valence-corrected chi connectivity index (χ4v) is 1.37. The van der Waals surface area contributed by atoms with Crippen molar-refractivity contribution in [3.63, 3.8) is 0 Å². The van der Waals surface area contributed by atoms with Crippen molar-refractivity contribution in [2.24, 2.45) is 5.11 Å². The Labute approximate surface area is 81.5 Å². The number of carbonyl (C=O) groups is 1. The topological polar surface area (TPSA) is 75.1 Å². The van der Waals surface area contributed by atoms with Gasteiger partial charge in [-0.3, -0.25) is 4.79 Å². The van der Waals surface area contributed by atoms with Crippen LogP contribution in [0.2, 0.25) is 0 Å². The van der Waals surface area contributed by atoms with Gasteiger partial charge in [-0.15, -0.1) is 0 Å². The van der Waals surface area contributed by atoms with E-state index >= 15 is 0 Å². The summed E-state index contributed by atoms with van der Waals surface area (Å²) in [5.41, 5.74) is 7.96. The highest BCUT2D eigenvalue weighted by Gasteiger charge is 1.99. The van der Waals surface area contributed by atoms with Gasteiger partial charge in [-0.2, -0.15) is 11.8 Å². The number of hydrogen-bond acceptors (Lipinski definition) is 4. The highest BCUT2D eigenvalue weighted by molar-refractivity contribution is 7.99. The zero-order chi connectivity index (χ0) is 9.94. The summed E-state index contributed by atoms with van der Waals surface area (Å²) in [4.78, 5) is 13.4. The Morgan fingerprint density at radius 2 is 2.46 bits per heavy atom. The molecule has 0 rings (SSSR count). The van der Waals surface area contributed by atoms with Crippen molar-refractivity contribution in [3.05, 3.63) is 10.4 Å². The number of ether oxygens (including phenoxy) is 1.